The molecular formula is C11H21O3P. The van der Waals surface area contributed by atoms with Crippen LogP contribution in [0.5, 0.6) is 0 Å². The number of carbonyl (C=O) groups excluding carboxylic acids is 2. The summed E-state index contributed by atoms with van der Waals surface area (Å²) >= 11 is 0. The molecular weight excluding hydrogens is 211 g/mol. The molecule has 0 spiro atoms. The van der Waals surface area contributed by atoms with Crippen LogP contribution in [-0.2, 0) is 14.2 Å². The second-order valence-electron chi connectivity index (χ2n) is 4.74. The van der Waals surface area contributed by atoms with Crippen LogP contribution in [0.15, 0.2) is 0 Å². The van der Waals surface area contributed by atoms with Crippen molar-refractivity contribution in [1.82, 2.24) is 0 Å². The molecule has 0 unspecified atom stereocenters. The highest BCUT2D eigenvalue weighted by Gasteiger charge is 2.44. The number of carbonyl (C=O) groups is 2. The molecule has 0 amide bonds. The highest BCUT2D eigenvalue weighted by molar-refractivity contribution is 7.94. The van der Waals surface area contributed by atoms with Gasteiger partial charge in [-0.05, 0) is 0 Å². The van der Waals surface area contributed by atoms with E-state index in [4.69, 9.17) is 0 Å². The van der Waals surface area contributed by atoms with E-state index in [1.807, 2.05) is 0 Å². The third-order valence-corrected chi connectivity index (χ3v) is 6.17. The molecule has 4 heteroatoms. The molecule has 0 aromatic heterocycles. The van der Waals surface area contributed by atoms with Crippen LogP contribution in [0.2, 0.25) is 0 Å². The fourth-order valence-electron chi connectivity index (χ4n) is 1.38. The van der Waals surface area contributed by atoms with Gasteiger partial charge in [0.25, 0.3) is 0 Å². The lowest BCUT2D eigenvalue weighted by Crippen LogP contribution is -2.23. The SMILES string of the molecule is CC(C)C(=O)P(=O)(C(=O)C(C)C)C(C)C. The Hall–Kier alpha value is -0.430. The Kier molecular flexibility index (Phi) is 4.92. The number of hydrogen-bond donors (Lipinski definition) is 0. The van der Waals surface area contributed by atoms with Crippen LogP contribution in [0.25, 0.3) is 0 Å². The van der Waals surface area contributed by atoms with Crippen LogP contribution >= 0.6 is 7.14 Å². The van der Waals surface area contributed by atoms with Crippen molar-refractivity contribution < 1.29 is 14.2 Å². The second kappa shape index (κ2) is 5.07. The van der Waals surface area contributed by atoms with Crippen molar-refractivity contribution in [1.29, 1.82) is 0 Å². The molecule has 0 bridgehead atoms. The van der Waals surface area contributed by atoms with Gasteiger partial charge in [0.05, 0.1) is 0 Å². The first-order chi connectivity index (χ1) is 6.65. The van der Waals surface area contributed by atoms with Crippen molar-refractivity contribution in [2.45, 2.75) is 47.2 Å². The minimum Gasteiger partial charge on any atom is -0.307 e. The largest absolute Gasteiger partial charge is 0.307 e. The van der Waals surface area contributed by atoms with Gasteiger partial charge in [0.1, 0.15) is 0 Å². The van der Waals surface area contributed by atoms with Gasteiger partial charge in [-0.25, -0.2) is 0 Å². The lowest BCUT2D eigenvalue weighted by Gasteiger charge is -2.22. The van der Waals surface area contributed by atoms with Crippen LogP contribution in [0.3, 0.4) is 0 Å². The third-order valence-electron chi connectivity index (χ3n) is 2.37. The summed E-state index contributed by atoms with van der Waals surface area (Å²) in [4.78, 5) is 23.7. The summed E-state index contributed by atoms with van der Waals surface area (Å²) < 4.78 is 12.5. The molecule has 0 saturated carbocycles. The van der Waals surface area contributed by atoms with E-state index in [0.717, 1.165) is 0 Å². The average Bonchev–Trinajstić information content (AvgIpc) is 2.13. The highest BCUT2D eigenvalue weighted by Crippen LogP contribution is 2.55. The maximum atomic E-state index is 12.5. The summed E-state index contributed by atoms with van der Waals surface area (Å²) in [5.74, 6) is -0.693. The zero-order chi connectivity index (χ0) is 12.4. The molecule has 0 radical (unpaired) electrons. The molecule has 0 atom stereocenters. The standard InChI is InChI=1S/C11H21O3P/c1-7(2)10(12)15(14,9(5)6)11(13)8(3)4/h7-9H,1-6H3. The van der Waals surface area contributed by atoms with E-state index in [0.29, 0.717) is 0 Å². The first-order valence-electron chi connectivity index (χ1n) is 5.34. The molecule has 0 rings (SSSR count). The molecule has 0 N–H and O–H groups in total. The van der Waals surface area contributed by atoms with E-state index < -0.39 is 7.14 Å². The molecule has 15 heavy (non-hydrogen) atoms. The molecule has 0 aromatic carbocycles. The summed E-state index contributed by atoms with van der Waals surface area (Å²) in [6.07, 6.45) is 0. The molecule has 3 nitrogen and oxygen atoms in total. The average molecular weight is 232 g/mol. The van der Waals surface area contributed by atoms with Gasteiger partial charge >= 0.3 is 0 Å². The molecule has 0 aromatic rings. The zero-order valence-electron chi connectivity index (χ0n) is 10.4. The Morgan fingerprint density at radius 2 is 1.07 bits per heavy atom. The van der Waals surface area contributed by atoms with E-state index >= 15 is 0 Å². The van der Waals surface area contributed by atoms with Crippen LogP contribution < -0.4 is 0 Å². The van der Waals surface area contributed by atoms with Gasteiger partial charge in [0, 0.05) is 17.5 Å². The Morgan fingerprint density at radius 1 is 0.800 bits per heavy atom. The third kappa shape index (κ3) is 2.78. The van der Waals surface area contributed by atoms with Crippen molar-refractivity contribution in [3.8, 4) is 0 Å². The first-order valence-corrected chi connectivity index (χ1v) is 7.11. The van der Waals surface area contributed by atoms with Crippen LogP contribution in [0, 0.1) is 11.8 Å². The maximum Gasteiger partial charge on any atom is 0.214 e. The van der Waals surface area contributed by atoms with Gasteiger partial charge in [-0.2, -0.15) is 0 Å². The Labute approximate surface area is 92.0 Å². The smallest absolute Gasteiger partial charge is 0.214 e. The summed E-state index contributed by atoms with van der Waals surface area (Å²) in [6, 6.07) is 0. The second-order valence-corrected chi connectivity index (χ2v) is 7.97. The molecule has 0 aliphatic heterocycles. The molecule has 0 aliphatic carbocycles. The summed E-state index contributed by atoms with van der Waals surface area (Å²) in [5.41, 5.74) is -1.14. The molecule has 0 saturated heterocycles. The quantitative estimate of drug-likeness (QED) is 0.684. The van der Waals surface area contributed by atoms with E-state index in [1.54, 1.807) is 41.5 Å². The minimum atomic E-state index is -3.36. The van der Waals surface area contributed by atoms with Crippen LogP contribution in [0.1, 0.15) is 41.5 Å². The number of hydrogen-bond acceptors (Lipinski definition) is 3. The van der Waals surface area contributed by atoms with Gasteiger partial charge in [-0.3, -0.25) is 9.59 Å². The lowest BCUT2D eigenvalue weighted by molar-refractivity contribution is -0.117. The van der Waals surface area contributed by atoms with Crippen LogP contribution in [0.4, 0.5) is 0 Å². The molecule has 0 fully saturated rings. The minimum absolute atomic E-state index is 0.346. The molecule has 0 aliphatic rings. The summed E-state index contributed by atoms with van der Waals surface area (Å²) in [7, 11) is -3.36. The Bertz CT molecular complexity index is 279. The van der Waals surface area contributed by atoms with Crippen molar-refractivity contribution in [3.05, 3.63) is 0 Å². The molecule has 0 heterocycles. The van der Waals surface area contributed by atoms with E-state index in [-0.39, 0.29) is 28.5 Å². The highest BCUT2D eigenvalue weighted by atomic mass is 31.2. The lowest BCUT2D eigenvalue weighted by atomic mass is 10.2. The summed E-state index contributed by atoms with van der Waals surface area (Å²) in [6.45, 7) is 10.1. The van der Waals surface area contributed by atoms with Crippen molar-refractivity contribution in [2.75, 3.05) is 0 Å². The van der Waals surface area contributed by atoms with Gasteiger partial charge in [-0.1, -0.05) is 41.5 Å². The zero-order valence-corrected chi connectivity index (χ0v) is 11.3. The normalized spacial score (nSPS) is 12.6. The predicted molar refractivity (Wildman–Crippen MR) is 62.4 cm³/mol. The Morgan fingerprint density at radius 3 is 1.20 bits per heavy atom. The van der Waals surface area contributed by atoms with Gasteiger partial charge < -0.3 is 4.57 Å². The fourth-order valence-corrected chi connectivity index (χ4v) is 4.15. The van der Waals surface area contributed by atoms with Crippen molar-refractivity contribution in [3.63, 3.8) is 0 Å². The molecule has 88 valence electrons. The van der Waals surface area contributed by atoms with Gasteiger partial charge in [0.15, 0.2) is 0 Å². The van der Waals surface area contributed by atoms with E-state index in [1.165, 1.54) is 0 Å². The predicted octanol–water partition coefficient (Wildman–Crippen LogP) is 3.12. The number of rotatable bonds is 5. The maximum absolute atomic E-state index is 12.5. The summed E-state index contributed by atoms with van der Waals surface area (Å²) in [5, 5.41) is 0. The van der Waals surface area contributed by atoms with Crippen molar-refractivity contribution in [2.24, 2.45) is 11.8 Å². The Balaban J connectivity index is 5.37. The fraction of sp³-hybridized carbons (Fsp3) is 0.818. The van der Waals surface area contributed by atoms with Gasteiger partial charge in [0.2, 0.25) is 18.2 Å². The topological polar surface area (TPSA) is 51.2 Å². The van der Waals surface area contributed by atoms with Gasteiger partial charge in [-0.15, -0.1) is 0 Å². The van der Waals surface area contributed by atoms with Crippen LogP contribution in [-0.4, -0.2) is 16.7 Å². The monoisotopic (exact) mass is 232 g/mol. The van der Waals surface area contributed by atoms with Crippen molar-refractivity contribution >= 4 is 18.2 Å². The van der Waals surface area contributed by atoms with E-state index in [9.17, 15) is 14.2 Å². The van der Waals surface area contributed by atoms with E-state index in [2.05, 4.69) is 0 Å². The first kappa shape index (κ1) is 14.6.